The van der Waals surface area contributed by atoms with E-state index in [0.717, 1.165) is 49.4 Å². The Morgan fingerprint density at radius 3 is 2.15 bits per heavy atom. The Morgan fingerprint density at radius 1 is 0.846 bits per heavy atom. The van der Waals surface area contributed by atoms with Crippen molar-refractivity contribution in [3.05, 3.63) is 65.2 Å². The minimum Gasteiger partial charge on any atom is -0.494 e. The van der Waals surface area contributed by atoms with Gasteiger partial charge in [0.25, 0.3) is 0 Å². The van der Waals surface area contributed by atoms with E-state index in [1.807, 2.05) is 24.3 Å². The molecule has 0 amide bonds. The number of aryl methyl sites for hydroxylation is 2. The average molecular weight is 351 g/mol. The molecule has 0 saturated carbocycles. The van der Waals surface area contributed by atoms with E-state index in [1.54, 1.807) is 0 Å². The van der Waals surface area contributed by atoms with Gasteiger partial charge in [0.05, 0.1) is 18.0 Å². The molecule has 2 aromatic rings. The van der Waals surface area contributed by atoms with Gasteiger partial charge in [-0.05, 0) is 99.5 Å². The van der Waals surface area contributed by atoms with Crippen molar-refractivity contribution < 1.29 is 4.74 Å². The van der Waals surface area contributed by atoms with E-state index in [0.29, 0.717) is 0 Å². The molecule has 0 aliphatic heterocycles. The van der Waals surface area contributed by atoms with Gasteiger partial charge in [-0.25, -0.2) is 0 Å². The standard InChI is InChI=1S/C23H30N2O/c1-5-6-7-8-9-10-15-26-23-13-11-21(12-14-23)24-25-22-16-18(2)20(4)19(3)17-22/h6-7,11-14,16-17H,5,8-10,15H2,1-4H3/b7-6-,25-24?. The molecule has 0 fully saturated rings. The van der Waals surface area contributed by atoms with E-state index in [1.165, 1.54) is 16.7 Å². The molecule has 3 heteroatoms. The van der Waals surface area contributed by atoms with E-state index in [9.17, 15) is 0 Å². The summed E-state index contributed by atoms with van der Waals surface area (Å²) in [5.41, 5.74) is 5.52. The number of ether oxygens (including phenoxy) is 1. The van der Waals surface area contributed by atoms with Gasteiger partial charge in [-0.15, -0.1) is 0 Å². The highest BCUT2D eigenvalue weighted by atomic mass is 16.5. The van der Waals surface area contributed by atoms with Gasteiger partial charge in [-0.1, -0.05) is 19.1 Å². The summed E-state index contributed by atoms with van der Waals surface area (Å²) < 4.78 is 5.78. The van der Waals surface area contributed by atoms with Crippen molar-refractivity contribution in [2.75, 3.05) is 6.61 Å². The smallest absolute Gasteiger partial charge is 0.119 e. The summed E-state index contributed by atoms with van der Waals surface area (Å²) in [7, 11) is 0. The minimum absolute atomic E-state index is 0.753. The molecule has 0 bridgehead atoms. The van der Waals surface area contributed by atoms with E-state index >= 15 is 0 Å². The van der Waals surface area contributed by atoms with Crippen molar-refractivity contribution in [2.24, 2.45) is 10.2 Å². The van der Waals surface area contributed by atoms with Crippen molar-refractivity contribution in [1.29, 1.82) is 0 Å². The van der Waals surface area contributed by atoms with Crippen LogP contribution in [0.5, 0.6) is 5.75 Å². The average Bonchev–Trinajstić information content (AvgIpc) is 2.64. The fourth-order valence-electron chi connectivity index (χ4n) is 2.63. The number of allylic oxidation sites excluding steroid dienone is 2. The molecule has 0 heterocycles. The van der Waals surface area contributed by atoms with Crippen LogP contribution in [0.15, 0.2) is 58.8 Å². The third-order valence-electron chi connectivity index (χ3n) is 4.47. The Hall–Kier alpha value is -2.42. The molecule has 138 valence electrons. The number of hydrogen-bond acceptors (Lipinski definition) is 3. The lowest BCUT2D eigenvalue weighted by Gasteiger charge is -2.06. The topological polar surface area (TPSA) is 34.0 Å². The molecule has 0 atom stereocenters. The number of hydrogen-bond donors (Lipinski definition) is 0. The second-order valence-electron chi connectivity index (χ2n) is 6.62. The van der Waals surface area contributed by atoms with Crippen LogP contribution in [0, 0.1) is 20.8 Å². The van der Waals surface area contributed by atoms with Crippen LogP contribution in [0.1, 0.15) is 49.3 Å². The maximum atomic E-state index is 5.78. The number of rotatable bonds is 9. The summed E-state index contributed by atoms with van der Waals surface area (Å²) >= 11 is 0. The van der Waals surface area contributed by atoms with Gasteiger partial charge in [0.1, 0.15) is 5.75 Å². The molecule has 0 aliphatic rings. The Bertz CT molecular complexity index is 722. The van der Waals surface area contributed by atoms with Crippen molar-refractivity contribution in [1.82, 2.24) is 0 Å². The monoisotopic (exact) mass is 350 g/mol. The van der Waals surface area contributed by atoms with Gasteiger partial charge >= 0.3 is 0 Å². The molecular formula is C23H30N2O. The third kappa shape index (κ3) is 6.47. The van der Waals surface area contributed by atoms with Gasteiger partial charge in [-0.2, -0.15) is 10.2 Å². The van der Waals surface area contributed by atoms with Gasteiger partial charge in [-0.3, -0.25) is 0 Å². The predicted molar refractivity (Wildman–Crippen MR) is 110 cm³/mol. The Balaban J connectivity index is 1.83. The van der Waals surface area contributed by atoms with Crippen molar-refractivity contribution in [3.8, 4) is 5.75 Å². The van der Waals surface area contributed by atoms with Crippen LogP contribution in [0.2, 0.25) is 0 Å². The van der Waals surface area contributed by atoms with Crippen LogP contribution in [-0.4, -0.2) is 6.61 Å². The van der Waals surface area contributed by atoms with E-state index in [2.05, 4.69) is 62.2 Å². The number of unbranched alkanes of at least 4 members (excludes halogenated alkanes) is 2. The highest BCUT2D eigenvalue weighted by molar-refractivity contribution is 5.48. The Morgan fingerprint density at radius 2 is 1.50 bits per heavy atom. The molecule has 0 saturated heterocycles. The molecule has 2 rings (SSSR count). The SMILES string of the molecule is CC/C=C\CCCCOc1ccc(N=Nc2cc(C)c(C)c(C)c2)cc1. The van der Waals surface area contributed by atoms with Crippen molar-refractivity contribution in [2.45, 2.75) is 53.4 Å². The maximum absolute atomic E-state index is 5.78. The first-order chi connectivity index (χ1) is 12.6. The first-order valence-corrected chi connectivity index (χ1v) is 9.47. The Kier molecular flexibility index (Phi) is 8.07. The Labute approximate surface area is 157 Å². The molecule has 2 aromatic carbocycles. The molecule has 26 heavy (non-hydrogen) atoms. The quantitative estimate of drug-likeness (QED) is 0.261. The molecular weight excluding hydrogens is 320 g/mol. The molecule has 3 nitrogen and oxygen atoms in total. The lowest BCUT2D eigenvalue weighted by Crippen LogP contribution is -1.96. The van der Waals surface area contributed by atoms with E-state index < -0.39 is 0 Å². The maximum Gasteiger partial charge on any atom is 0.119 e. The van der Waals surface area contributed by atoms with Crippen molar-refractivity contribution >= 4 is 11.4 Å². The first kappa shape index (κ1) is 19.9. The lowest BCUT2D eigenvalue weighted by atomic mass is 10.0. The highest BCUT2D eigenvalue weighted by Gasteiger charge is 2.00. The summed E-state index contributed by atoms with van der Waals surface area (Å²) in [5.74, 6) is 0.884. The zero-order valence-electron chi connectivity index (χ0n) is 16.5. The second-order valence-corrected chi connectivity index (χ2v) is 6.62. The van der Waals surface area contributed by atoms with E-state index in [4.69, 9.17) is 4.74 Å². The summed E-state index contributed by atoms with van der Waals surface area (Å²) in [6.45, 7) is 9.25. The molecule has 0 aromatic heterocycles. The lowest BCUT2D eigenvalue weighted by molar-refractivity contribution is 0.307. The first-order valence-electron chi connectivity index (χ1n) is 9.47. The molecule has 0 aliphatic carbocycles. The van der Waals surface area contributed by atoms with Gasteiger partial charge < -0.3 is 4.74 Å². The fourth-order valence-corrected chi connectivity index (χ4v) is 2.63. The number of azo groups is 1. The number of nitrogens with zero attached hydrogens (tertiary/aromatic N) is 2. The zero-order chi connectivity index (χ0) is 18.8. The van der Waals surface area contributed by atoms with Crippen LogP contribution in [0.3, 0.4) is 0 Å². The fraction of sp³-hybridized carbons (Fsp3) is 0.391. The highest BCUT2D eigenvalue weighted by Crippen LogP contribution is 2.25. The van der Waals surface area contributed by atoms with Crippen LogP contribution >= 0.6 is 0 Å². The number of benzene rings is 2. The second kappa shape index (κ2) is 10.5. The molecule has 0 spiro atoms. The molecule has 0 unspecified atom stereocenters. The van der Waals surface area contributed by atoms with Gasteiger partial charge in [0.15, 0.2) is 0 Å². The van der Waals surface area contributed by atoms with Crippen molar-refractivity contribution in [3.63, 3.8) is 0 Å². The largest absolute Gasteiger partial charge is 0.494 e. The normalized spacial score (nSPS) is 11.5. The van der Waals surface area contributed by atoms with Crippen LogP contribution in [0.4, 0.5) is 11.4 Å². The minimum atomic E-state index is 0.753. The molecule has 0 radical (unpaired) electrons. The summed E-state index contributed by atoms with van der Waals surface area (Å²) in [5, 5.41) is 8.69. The third-order valence-corrected chi connectivity index (χ3v) is 4.47. The predicted octanol–water partition coefficient (Wildman–Crippen LogP) is 7.54. The van der Waals surface area contributed by atoms with Gasteiger partial charge in [0.2, 0.25) is 0 Å². The van der Waals surface area contributed by atoms with Crippen LogP contribution in [0.25, 0.3) is 0 Å². The summed E-state index contributed by atoms with van der Waals surface area (Å²) in [6, 6.07) is 11.9. The molecule has 0 N–H and O–H groups in total. The summed E-state index contributed by atoms with van der Waals surface area (Å²) in [6.07, 6.45) is 8.95. The zero-order valence-corrected chi connectivity index (χ0v) is 16.5. The van der Waals surface area contributed by atoms with E-state index in [-0.39, 0.29) is 0 Å². The van der Waals surface area contributed by atoms with Crippen LogP contribution in [-0.2, 0) is 0 Å². The van der Waals surface area contributed by atoms with Gasteiger partial charge in [0, 0.05) is 0 Å². The summed E-state index contributed by atoms with van der Waals surface area (Å²) in [4.78, 5) is 0. The van der Waals surface area contributed by atoms with Crippen LogP contribution < -0.4 is 4.74 Å².